The van der Waals surface area contributed by atoms with Crippen molar-refractivity contribution in [1.82, 2.24) is 9.97 Å². The second-order valence-electron chi connectivity index (χ2n) is 7.43. The first-order valence-electron chi connectivity index (χ1n) is 9.85. The molecule has 0 unspecified atom stereocenters. The van der Waals surface area contributed by atoms with Crippen LogP contribution in [-0.2, 0) is 14.2 Å². The lowest BCUT2D eigenvalue weighted by molar-refractivity contribution is -0.355. The smallest absolute Gasteiger partial charge is 0.355 e. The summed E-state index contributed by atoms with van der Waals surface area (Å²) in [5, 5.41) is 84.7. The molecule has 0 amide bonds. The molecule has 3 rings (SSSR count). The van der Waals surface area contributed by atoms with Gasteiger partial charge in [0.1, 0.15) is 48.8 Å². The molecule has 2 saturated heterocycles. The first-order valence-corrected chi connectivity index (χ1v) is 9.85. The number of carbonyl (C=O) groups is 1. The number of rotatable bonds is 5. The van der Waals surface area contributed by atoms with Gasteiger partial charge in [-0.05, 0) is 0 Å². The van der Waals surface area contributed by atoms with Gasteiger partial charge in [-0.15, -0.1) is 0 Å². The zero-order valence-corrected chi connectivity index (χ0v) is 17.5. The Kier molecular flexibility index (Phi) is 9.94. The number of nitrogens with one attached hydrogen (secondary N) is 2. The van der Waals surface area contributed by atoms with E-state index < -0.39 is 103 Å². The Morgan fingerprint density at radius 3 is 2.00 bits per heavy atom. The van der Waals surface area contributed by atoms with Crippen molar-refractivity contribution < 1.29 is 69.4 Å². The molecule has 10 atom stereocenters. The topological polar surface area (TPSA) is 293 Å². The molecule has 1 aromatic rings. The minimum absolute atomic E-state index is 0.667. The summed E-state index contributed by atoms with van der Waals surface area (Å²) < 4.78 is 27.8. The van der Waals surface area contributed by atoms with Crippen molar-refractivity contribution >= 4 is 5.97 Å². The molecule has 1 aromatic heterocycles. The van der Waals surface area contributed by atoms with E-state index in [1.165, 1.54) is 4.98 Å². The van der Waals surface area contributed by atoms with Crippen LogP contribution in [0, 0.1) is 5.82 Å². The van der Waals surface area contributed by atoms with E-state index in [0.717, 1.165) is 0 Å². The Morgan fingerprint density at radius 1 is 0.857 bits per heavy atom. The van der Waals surface area contributed by atoms with Gasteiger partial charge in [0.05, 0.1) is 13.2 Å². The minimum atomic E-state index is -1.74. The third kappa shape index (κ3) is 6.45. The molecule has 0 aromatic carbocycles. The van der Waals surface area contributed by atoms with Crippen molar-refractivity contribution in [1.29, 1.82) is 0 Å². The highest BCUT2D eigenvalue weighted by atomic mass is 19.1. The minimum Gasteiger partial charge on any atom is -0.476 e. The SMILES string of the molecule is O=C(O)c1[nH]c(=O)[nH]c(=O)c1F.OC[C@H]1O[C@H](O[C@H]2[C@H](O)[C@@H](O)[C@H](O)O[C@@H]2CO)[C@H](O)[C@@H](O)[C@@H]1O. The summed E-state index contributed by atoms with van der Waals surface area (Å²) in [5.41, 5.74) is -3.45. The highest BCUT2D eigenvalue weighted by molar-refractivity contribution is 5.85. The molecule has 0 saturated carbocycles. The van der Waals surface area contributed by atoms with Crippen LogP contribution in [0.3, 0.4) is 0 Å². The van der Waals surface area contributed by atoms with Crippen LogP contribution in [0.25, 0.3) is 0 Å². The number of carboxylic acids is 1. The molecular weight excluding hydrogens is 491 g/mol. The monoisotopic (exact) mass is 516 g/mol. The van der Waals surface area contributed by atoms with Crippen LogP contribution in [-0.4, -0.2) is 137 Å². The fourth-order valence-corrected chi connectivity index (χ4v) is 3.19. The van der Waals surface area contributed by atoms with Crippen molar-refractivity contribution in [3.8, 4) is 0 Å². The third-order valence-electron chi connectivity index (χ3n) is 5.08. The maximum Gasteiger partial charge on any atom is 0.355 e. The van der Waals surface area contributed by atoms with Crippen molar-refractivity contribution in [2.45, 2.75) is 61.4 Å². The molecule has 0 spiro atoms. The number of halogens is 1. The Bertz CT molecular complexity index is 968. The zero-order valence-electron chi connectivity index (χ0n) is 17.5. The van der Waals surface area contributed by atoms with Gasteiger partial charge >= 0.3 is 11.7 Å². The van der Waals surface area contributed by atoms with E-state index in [1.54, 1.807) is 4.98 Å². The molecule has 0 radical (unpaired) electrons. The van der Waals surface area contributed by atoms with Gasteiger partial charge in [0, 0.05) is 0 Å². The summed E-state index contributed by atoms with van der Waals surface area (Å²) in [7, 11) is 0. The fourth-order valence-electron chi connectivity index (χ4n) is 3.19. The van der Waals surface area contributed by atoms with E-state index in [-0.39, 0.29) is 0 Å². The average Bonchev–Trinajstić information content (AvgIpc) is 2.81. The number of hydrogen-bond acceptors (Lipinski definition) is 14. The van der Waals surface area contributed by atoms with Crippen LogP contribution in [0.15, 0.2) is 9.59 Å². The number of aromatic carboxylic acids is 1. The number of H-pyrrole nitrogens is 2. The molecule has 18 heteroatoms. The van der Waals surface area contributed by atoms with Crippen LogP contribution < -0.4 is 11.2 Å². The van der Waals surface area contributed by atoms with E-state index in [4.69, 9.17) is 24.4 Å². The van der Waals surface area contributed by atoms with Crippen molar-refractivity contribution in [2.75, 3.05) is 13.2 Å². The van der Waals surface area contributed by atoms with Crippen LogP contribution in [0.1, 0.15) is 10.5 Å². The highest BCUT2D eigenvalue weighted by Crippen LogP contribution is 2.28. The lowest BCUT2D eigenvalue weighted by Crippen LogP contribution is -2.64. The first-order chi connectivity index (χ1) is 16.3. The summed E-state index contributed by atoms with van der Waals surface area (Å²) in [6.07, 6.45) is -15.6. The standard InChI is InChI=1S/C12H22O11.C5H3FN2O4/c13-1-3-5(15)6(16)9(19)12(22-3)23-10-4(2-14)21-11(20)8(18)7(10)17;6-1-2(4(10)11)7-5(12)8-3(1)9/h3-20H,1-2H2;(H,10,11)(H2,7,8,9,12)/t3-,4-,5-,6+,7-,8-,9-,10-,11-,12-;/m1./s1. The maximum atomic E-state index is 12.5. The number of aromatic amines is 2. The van der Waals surface area contributed by atoms with Gasteiger partial charge in [-0.2, -0.15) is 4.39 Å². The third-order valence-corrected chi connectivity index (χ3v) is 5.08. The summed E-state index contributed by atoms with van der Waals surface area (Å²) >= 11 is 0. The Balaban J connectivity index is 0.000000303. The number of hydrogen-bond donors (Lipinski definition) is 11. The van der Waals surface area contributed by atoms with Crippen LogP contribution in [0.4, 0.5) is 4.39 Å². The van der Waals surface area contributed by atoms with Gasteiger partial charge < -0.3 is 60.2 Å². The molecular formula is C17H25FN2O15. The highest BCUT2D eigenvalue weighted by Gasteiger charge is 2.50. The molecule has 0 aliphatic carbocycles. The lowest BCUT2D eigenvalue weighted by Gasteiger charge is -2.45. The number of aliphatic hydroxyl groups excluding tert-OH is 8. The molecule has 3 heterocycles. The predicted octanol–water partition coefficient (Wildman–Crippen LogP) is -6.50. The molecule has 0 bridgehead atoms. The quantitative estimate of drug-likeness (QED) is 0.173. The van der Waals surface area contributed by atoms with E-state index >= 15 is 0 Å². The normalized spacial score (nSPS) is 37.3. The van der Waals surface area contributed by atoms with Gasteiger partial charge in [-0.3, -0.25) is 14.8 Å². The van der Waals surface area contributed by atoms with Crippen LogP contribution in [0.5, 0.6) is 0 Å². The maximum absolute atomic E-state index is 12.5. The Morgan fingerprint density at radius 2 is 1.46 bits per heavy atom. The fraction of sp³-hybridized carbons (Fsp3) is 0.706. The molecule has 17 nitrogen and oxygen atoms in total. The van der Waals surface area contributed by atoms with E-state index in [1.807, 2.05) is 0 Å². The zero-order chi connectivity index (χ0) is 26.6. The molecule has 200 valence electrons. The Labute approximate surface area is 193 Å². The number of aromatic nitrogens is 2. The van der Waals surface area contributed by atoms with Crippen molar-refractivity contribution in [2.24, 2.45) is 0 Å². The second-order valence-corrected chi connectivity index (χ2v) is 7.43. The van der Waals surface area contributed by atoms with Gasteiger partial charge in [0.15, 0.2) is 18.3 Å². The summed E-state index contributed by atoms with van der Waals surface area (Å²) in [6.45, 7) is -1.35. The number of carboxylic acid groups (broad SMARTS) is 1. The van der Waals surface area contributed by atoms with Crippen molar-refractivity contribution in [3.63, 3.8) is 0 Å². The summed E-state index contributed by atoms with van der Waals surface area (Å²) in [4.78, 5) is 34.2. The van der Waals surface area contributed by atoms with E-state index in [0.29, 0.717) is 0 Å². The molecule has 35 heavy (non-hydrogen) atoms. The molecule has 2 aliphatic heterocycles. The molecule has 2 aliphatic rings. The van der Waals surface area contributed by atoms with E-state index in [2.05, 4.69) is 0 Å². The molecule has 2 fully saturated rings. The predicted molar refractivity (Wildman–Crippen MR) is 103 cm³/mol. The van der Waals surface area contributed by atoms with E-state index in [9.17, 15) is 54.5 Å². The largest absolute Gasteiger partial charge is 0.476 e. The average molecular weight is 516 g/mol. The van der Waals surface area contributed by atoms with Crippen LogP contribution >= 0.6 is 0 Å². The number of aliphatic hydroxyl groups is 8. The first kappa shape index (κ1) is 28.9. The van der Waals surface area contributed by atoms with Crippen LogP contribution in [0.2, 0.25) is 0 Å². The van der Waals surface area contributed by atoms with Gasteiger partial charge in [0.2, 0.25) is 5.82 Å². The second kappa shape index (κ2) is 12.1. The molecule has 11 N–H and O–H groups in total. The Hall–Kier alpha value is -2.36. The lowest BCUT2D eigenvalue weighted by atomic mass is 9.97. The van der Waals surface area contributed by atoms with Gasteiger partial charge in [-0.25, -0.2) is 9.59 Å². The summed E-state index contributed by atoms with van der Waals surface area (Å²) in [5.74, 6) is -3.21. The van der Waals surface area contributed by atoms with Gasteiger partial charge in [0.25, 0.3) is 5.56 Å². The number of ether oxygens (including phenoxy) is 3. The van der Waals surface area contributed by atoms with Crippen molar-refractivity contribution in [3.05, 3.63) is 32.3 Å². The van der Waals surface area contributed by atoms with Gasteiger partial charge in [-0.1, -0.05) is 0 Å². The summed E-state index contributed by atoms with van der Waals surface area (Å²) in [6, 6.07) is 0.